The molecule has 25 heavy (non-hydrogen) atoms. The van der Waals surface area contributed by atoms with Crippen LogP contribution in [0.15, 0.2) is 34.6 Å². The largest absolute Gasteiger partial charge is 0.573 e. The third-order valence-corrected chi connectivity index (χ3v) is 4.25. The van der Waals surface area contributed by atoms with Gasteiger partial charge in [-0.2, -0.15) is 0 Å². The van der Waals surface area contributed by atoms with Crippen molar-refractivity contribution in [3.63, 3.8) is 0 Å². The molecule has 0 amide bonds. The summed E-state index contributed by atoms with van der Waals surface area (Å²) >= 11 is 1.59. The first-order chi connectivity index (χ1) is 11.9. The topological polar surface area (TPSA) is 58.5 Å². The van der Waals surface area contributed by atoms with Crippen LogP contribution in [0.25, 0.3) is 0 Å². The summed E-state index contributed by atoms with van der Waals surface area (Å²) in [6, 6.07) is 5.99. The van der Waals surface area contributed by atoms with Gasteiger partial charge in [0.1, 0.15) is 5.75 Å². The fourth-order valence-corrected chi connectivity index (χ4v) is 2.79. The summed E-state index contributed by atoms with van der Waals surface area (Å²) in [5.74, 6) is 0.234. The Morgan fingerprint density at radius 3 is 2.60 bits per heavy atom. The van der Waals surface area contributed by atoms with Gasteiger partial charge in [0.05, 0.1) is 17.2 Å². The van der Waals surface area contributed by atoms with Gasteiger partial charge >= 0.3 is 6.36 Å². The van der Waals surface area contributed by atoms with Gasteiger partial charge in [-0.25, -0.2) is 4.98 Å². The number of ether oxygens (including phenoxy) is 1. The quantitative estimate of drug-likeness (QED) is 0.602. The lowest BCUT2D eigenvalue weighted by Crippen LogP contribution is -2.36. The van der Waals surface area contributed by atoms with Crippen LogP contribution in [0.4, 0.5) is 13.2 Å². The molecule has 0 saturated heterocycles. The second-order valence-corrected chi connectivity index (χ2v) is 5.96. The van der Waals surface area contributed by atoms with Crippen LogP contribution in [0.5, 0.6) is 5.75 Å². The molecule has 2 N–H and O–H groups in total. The van der Waals surface area contributed by atoms with Crippen molar-refractivity contribution in [1.29, 1.82) is 0 Å². The molecule has 1 heterocycles. The van der Waals surface area contributed by atoms with E-state index >= 15 is 0 Å². The van der Waals surface area contributed by atoms with E-state index in [9.17, 15) is 13.2 Å². The first kappa shape index (κ1) is 19.0. The van der Waals surface area contributed by atoms with Gasteiger partial charge in [0.25, 0.3) is 0 Å². The predicted molar refractivity (Wildman–Crippen MR) is 91.7 cm³/mol. The van der Waals surface area contributed by atoms with Gasteiger partial charge in [0, 0.05) is 24.5 Å². The van der Waals surface area contributed by atoms with Gasteiger partial charge in [0.2, 0.25) is 0 Å². The predicted octanol–water partition coefficient (Wildman–Crippen LogP) is 3.47. The smallest absolute Gasteiger partial charge is 0.405 e. The fourth-order valence-electron chi connectivity index (χ4n) is 2.04. The Labute approximate surface area is 148 Å². The van der Waals surface area contributed by atoms with Gasteiger partial charge in [-0.05, 0) is 12.5 Å². The Hall–Kier alpha value is -2.29. The maximum atomic E-state index is 12.4. The molecular formula is C16H19F3N4OS. The van der Waals surface area contributed by atoms with E-state index in [1.165, 1.54) is 12.1 Å². The van der Waals surface area contributed by atoms with Crippen molar-refractivity contribution in [1.82, 2.24) is 15.6 Å². The summed E-state index contributed by atoms with van der Waals surface area (Å²) < 4.78 is 41.4. The van der Waals surface area contributed by atoms with E-state index in [1.807, 2.05) is 12.3 Å². The minimum absolute atomic E-state index is 0.142. The number of hydrogen-bond acceptors (Lipinski definition) is 4. The normalized spacial score (nSPS) is 12.1. The van der Waals surface area contributed by atoms with E-state index in [4.69, 9.17) is 0 Å². The zero-order valence-electron chi connectivity index (χ0n) is 13.9. The number of nitrogens with zero attached hydrogens (tertiary/aromatic N) is 2. The number of alkyl halides is 3. The number of aromatic nitrogens is 1. The summed E-state index contributed by atoms with van der Waals surface area (Å²) in [7, 11) is 1.59. The Morgan fingerprint density at radius 2 is 1.96 bits per heavy atom. The lowest BCUT2D eigenvalue weighted by molar-refractivity contribution is -0.274. The van der Waals surface area contributed by atoms with E-state index < -0.39 is 6.36 Å². The van der Waals surface area contributed by atoms with Gasteiger partial charge in [-0.3, -0.25) is 4.99 Å². The Balaban J connectivity index is 1.92. The standard InChI is InChI=1S/C16H19F3N4OS/c1-3-14-23-12(10-25-14)9-22-15(20-2)21-8-11-6-4-5-7-13(11)24-16(17,18)19/h4-7,10H,3,8-9H2,1-2H3,(H2,20,21,22). The molecule has 0 aliphatic rings. The van der Waals surface area contributed by atoms with Crippen molar-refractivity contribution in [2.24, 2.45) is 4.99 Å². The number of aryl methyl sites for hydroxylation is 1. The average Bonchev–Trinajstić information content (AvgIpc) is 3.03. The fraction of sp³-hybridized carbons (Fsp3) is 0.375. The second-order valence-electron chi connectivity index (χ2n) is 5.02. The van der Waals surface area contributed by atoms with Crippen molar-refractivity contribution < 1.29 is 17.9 Å². The molecule has 0 aliphatic heterocycles. The SMILES string of the molecule is CCc1nc(CNC(=NC)NCc2ccccc2OC(F)(F)F)cs1. The van der Waals surface area contributed by atoms with Gasteiger partial charge in [0.15, 0.2) is 5.96 Å². The monoisotopic (exact) mass is 372 g/mol. The van der Waals surface area contributed by atoms with Crippen LogP contribution in [-0.2, 0) is 19.5 Å². The molecule has 2 rings (SSSR count). The highest BCUT2D eigenvalue weighted by atomic mass is 32.1. The molecule has 1 aromatic carbocycles. The van der Waals surface area contributed by atoms with Crippen molar-refractivity contribution in [2.45, 2.75) is 32.8 Å². The van der Waals surface area contributed by atoms with Crippen molar-refractivity contribution >= 4 is 17.3 Å². The third kappa shape index (κ3) is 6.26. The molecule has 2 aromatic rings. The molecule has 9 heteroatoms. The number of aliphatic imine (C=N–C) groups is 1. The van der Waals surface area contributed by atoms with Crippen molar-refractivity contribution in [3.05, 3.63) is 45.9 Å². The first-order valence-electron chi connectivity index (χ1n) is 7.62. The van der Waals surface area contributed by atoms with Crippen molar-refractivity contribution in [3.8, 4) is 5.75 Å². The van der Waals surface area contributed by atoms with Crippen LogP contribution >= 0.6 is 11.3 Å². The molecule has 0 unspecified atom stereocenters. The number of rotatable bonds is 6. The minimum Gasteiger partial charge on any atom is -0.405 e. The molecule has 0 radical (unpaired) electrons. The van der Waals surface area contributed by atoms with Crippen LogP contribution < -0.4 is 15.4 Å². The zero-order chi connectivity index (χ0) is 18.3. The molecule has 5 nitrogen and oxygen atoms in total. The number of hydrogen-bond donors (Lipinski definition) is 2. The summed E-state index contributed by atoms with van der Waals surface area (Å²) in [6.45, 7) is 2.66. The molecule has 0 atom stereocenters. The Bertz CT molecular complexity index is 715. The number of thiazole rings is 1. The summed E-state index contributed by atoms with van der Waals surface area (Å²) in [5.41, 5.74) is 1.27. The molecule has 0 bridgehead atoms. The number of nitrogens with one attached hydrogen (secondary N) is 2. The summed E-state index contributed by atoms with van der Waals surface area (Å²) in [5, 5.41) is 9.07. The minimum atomic E-state index is -4.72. The number of halogens is 3. The number of benzene rings is 1. The van der Waals surface area contributed by atoms with E-state index in [0.717, 1.165) is 17.1 Å². The summed E-state index contributed by atoms with van der Waals surface area (Å²) in [6.07, 6.45) is -3.84. The highest BCUT2D eigenvalue weighted by Crippen LogP contribution is 2.26. The first-order valence-corrected chi connectivity index (χ1v) is 8.50. The maximum absolute atomic E-state index is 12.4. The third-order valence-electron chi connectivity index (χ3n) is 3.21. The number of guanidine groups is 1. The van der Waals surface area contributed by atoms with Crippen LogP contribution in [0.3, 0.4) is 0 Å². The second kappa shape index (κ2) is 8.70. The summed E-state index contributed by atoms with van der Waals surface area (Å²) in [4.78, 5) is 8.49. The van der Waals surface area contributed by atoms with E-state index in [-0.39, 0.29) is 12.3 Å². The molecule has 1 aromatic heterocycles. The van der Waals surface area contributed by atoms with Crippen LogP contribution in [-0.4, -0.2) is 24.4 Å². The Kier molecular flexibility index (Phi) is 6.63. The van der Waals surface area contributed by atoms with Gasteiger partial charge in [-0.15, -0.1) is 24.5 Å². The Morgan fingerprint density at radius 1 is 1.24 bits per heavy atom. The highest BCUT2D eigenvalue weighted by molar-refractivity contribution is 7.09. The van der Waals surface area contributed by atoms with Crippen LogP contribution in [0.1, 0.15) is 23.2 Å². The molecular weight excluding hydrogens is 353 g/mol. The average molecular weight is 372 g/mol. The molecule has 136 valence electrons. The number of para-hydroxylation sites is 1. The molecule has 0 spiro atoms. The highest BCUT2D eigenvalue weighted by Gasteiger charge is 2.31. The molecule has 0 saturated carbocycles. The van der Waals surface area contributed by atoms with Crippen molar-refractivity contribution in [2.75, 3.05) is 7.05 Å². The molecule has 0 aliphatic carbocycles. The van der Waals surface area contributed by atoms with E-state index in [1.54, 1.807) is 30.5 Å². The van der Waals surface area contributed by atoms with Crippen LogP contribution in [0, 0.1) is 0 Å². The van der Waals surface area contributed by atoms with Gasteiger partial charge in [-0.1, -0.05) is 25.1 Å². The molecule has 0 fully saturated rings. The van der Waals surface area contributed by atoms with E-state index in [0.29, 0.717) is 18.1 Å². The zero-order valence-corrected chi connectivity index (χ0v) is 14.7. The lowest BCUT2D eigenvalue weighted by Gasteiger charge is -2.15. The van der Waals surface area contributed by atoms with Gasteiger partial charge < -0.3 is 15.4 Å². The van der Waals surface area contributed by atoms with E-state index in [2.05, 4.69) is 25.3 Å². The van der Waals surface area contributed by atoms with Crippen LogP contribution in [0.2, 0.25) is 0 Å². The lowest BCUT2D eigenvalue weighted by atomic mass is 10.2. The maximum Gasteiger partial charge on any atom is 0.573 e.